The van der Waals surface area contributed by atoms with E-state index in [0.717, 1.165) is 12.1 Å². The van der Waals surface area contributed by atoms with Crippen molar-refractivity contribution in [3.8, 4) is 0 Å². The van der Waals surface area contributed by atoms with Crippen molar-refractivity contribution in [2.24, 2.45) is 0 Å². The van der Waals surface area contributed by atoms with Crippen LogP contribution in [0.25, 0.3) is 0 Å². The maximum Gasteiger partial charge on any atom is 0.418 e. The molecule has 0 unspecified atom stereocenters. The van der Waals surface area contributed by atoms with Crippen molar-refractivity contribution in [1.29, 1.82) is 0 Å². The third-order valence-electron chi connectivity index (χ3n) is 3.59. The van der Waals surface area contributed by atoms with E-state index in [2.05, 4.69) is 10.6 Å². The van der Waals surface area contributed by atoms with Crippen LogP contribution in [0.5, 0.6) is 0 Å². The van der Waals surface area contributed by atoms with Gasteiger partial charge in [-0.25, -0.2) is 0 Å². The van der Waals surface area contributed by atoms with Crippen LogP contribution in [-0.4, -0.2) is 36.9 Å². The number of carbonyl (C=O) groups is 2. The van der Waals surface area contributed by atoms with Crippen LogP contribution in [0.3, 0.4) is 0 Å². The lowest BCUT2D eigenvalue weighted by Crippen LogP contribution is -2.36. The second-order valence-electron chi connectivity index (χ2n) is 6.09. The number of rotatable bonds is 6. The van der Waals surface area contributed by atoms with Crippen LogP contribution in [0.4, 0.5) is 24.5 Å². The molecule has 156 valence electrons. The third kappa shape index (κ3) is 7.08. The summed E-state index contributed by atoms with van der Waals surface area (Å²) in [4.78, 5) is 25.5. The van der Waals surface area contributed by atoms with E-state index in [1.165, 1.54) is 30.1 Å². The predicted molar refractivity (Wildman–Crippen MR) is 108 cm³/mol. The fourth-order valence-electron chi connectivity index (χ4n) is 2.37. The molecule has 5 nitrogen and oxygen atoms in total. The van der Waals surface area contributed by atoms with E-state index in [1.807, 2.05) is 0 Å². The molecule has 2 rings (SSSR count). The standard InChI is InChI=1S/C18H15Cl3F3N3O2/c1-27(8-16(28)25-11-3-4-13(20)14(21)7-11)9-17(29)26-15-5-2-10(19)6-12(15)18(22,23)24/h2-7H,8-9H2,1H3,(H,25,28)(H,26,29). The smallest absolute Gasteiger partial charge is 0.325 e. The molecular weight excluding hydrogens is 454 g/mol. The Morgan fingerprint density at radius 3 is 2.14 bits per heavy atom. The van der Waals surface area contributed by atoms with Crippen molar-refractivity contribution in [2.45, 2.75) is 6.18 Å². The number of hydrogen-bond acceptors (Lipinski definition) is 3. The van der Waals surface area contributed by atoms with E-state index in [-0.39, 0.29) is 23.1 Å². The normalized spacial score (nSPS) is 11.4. The summed E-state index contributed by atoms with van der Waals surface area (Å²) in [5, 5.41) is 5.26. The minimum Gasteiger partial charge on any atom is -0.325 e. The maximum absolute atomic E-state index is 13.1. The number of alkyl halides is 3. The highest BCUT2D eigenvalue weighted by molar-refractivity contribution is 6.42. The fraction of sp³-hybridized carbons (Fsp3) is 0.222. The van der Waals surface area contributed by atoms with Gasteiger partial charge in [0.25, 0.3) is 0 Å². The molecule has 0 aromatic heterocycles. The molecule has 0 bridgehead atoms. The molecule has 2 aromatic rings. The lowest BCUT2D eigenvalue weighted by Gasteiger charge is -2.18. The molecule has 0 saturated carbocycles. The monoisotopic (exact) mass is 467 g/mol. The van der Waals surface area contributed by atoms with Crippen molar-refractivity contribution in [1.82, 2.24) is 4.90 Å². The molecule has 0 saturated heterocycles. The van der Waals surface area contributed by atoms with E-state index < -0.39 is 29.2 Å². The van der Waals surface area contributed by atoms with Crippen LogP contribution in [0.2, 0.25) is 15.1 Å². The molecule has 11 heteroatoms. The summed E-state index contributed by atoms with van der Waals surface area (Å²) in [6.07, 6.45) is -4.68. The summed E-state index contributed by atoms with van der Waals surface area (Å²) in [5.74, 6) is -1.16. The lowest BCUT2D eigenvalue weighted by atomic mass is 10.1. The minimum atomic E-state index is -4.68. The lowest BCUT2D eigenvalue weighted by molar-refractivity contribution is -0.137. The Labute approximate surface area is 179 Å². The second-order valence-corrected chi connectivity index (χ2v) is 7.34. The zero-order valence-electron chi connectivity index (χ0n) is 14.9. The SMILES string of the molecule is CN(CC(=O)Nc1ccc(Cl)c(Cl)c1)CC(=O)Nc1ccc(Cl)cc1C(F)(F)F. The van der Waals surface area contributed by atoms with Crippen LogP contribution in [0, 0.1) is 0 Å². The summed E-state index contributed by atoms with van der Waals surface area (Å²) in [5.41, 5.74) is -1.06. The molecule has 2 aromatic carbocycles. The number of likely N-dealkylation sites (N-methyl/N-ethyl adjacent to an activating group) is 1. The summed E-state index contributed by atoms with van der Waals surface area (Å²) < 4.78 is 39.2. The Morgan fingerprint density at radius 1 is 0.931 bits per heavy atom. The first-order valence-electron chi connectivity index (χ1n) is 8.05. The van der Waals surface area contributed by atoms with Crippen molar-refractivity contribution in [2.75, 3.05) is 30.8 Å². The molecule has 0 atom stereocenters. The number of nitrogens with zero attached hydrogens (tertiary/aromatic N) is 1. The molecule has 2 N–H and O–H groups in total. The maximum atomic E-state index is 13.1. The van der Waals surface area contributed by atoms with Crippen LogP contribution in [-0.2, 0) is 15.8 Å². The minimum absolute atomic E-state index is 0.105. The number of halogens is 6. The van der Waals surface area contributed by atoms with Gasteiger partial charge in [-0.2, -0.15) is 13.2 Å². The number of hydrogen-bond donors (Lipinski definition) is 2. The second kappa shape index (κ2) is 9.67. The average molecular weight is 469 g/mol. The Morgan fingerprint density at radius 2 is 1.55 bits per heavy atom. The summed E-state index contributed by atoms with van der Waals surface area (Å²) in [7, 11) is 1.47. The van der Waals surface area contributed by atoms with Gasteiger partial charge in [0.15, 0.2) is 0 Å². The van der Waals surface area contributed by atoms with Crippen molar-refractivity contribution < 1.29 is 22.8 Å². The summed E-state index contributed by atoms with van der Waals surface area (Å²) >= 11 is 17.3. The van der Waals surface area contributed by atoms with Crippen molar-refractivity contribution >= 4 is 58.0 Å². The topological polar surface area (TPSA) is 61.4 Å². The van der Waals surface area contributed by atoms with Crippen LogP contribution in [0.1, 0.15) is 5.56 Å². The molecule has 0 aliphatic rings. The predicted octanol–water partition coefficient (Wildman–Crippen LogP) is 5.17. The molecule has 0 aliphatic heterocycles. The van der Waals surface area contributed by atoms with Crippen LogP contribution < -0.4 is 10.6 Å². The Bertz CT molecular complexity index is 923. The van der Waals surface area contributed by atoms with Gasteiger partial charge in [0.05, 0.1) is 34.4 Å². The highest BCUT2D eigenvalue weighted by Crippen LogP contribution is 2.36. The Hall–Kier alpha value is -2.00. The summed E-state index contributed by atoms with van der Waals surface area (Å²) in [6, 6.07) is 7.57. The van der Waals surface area contributed by atoms with Gasteiger partial charge in [-0.3, -0.25) is 14.5 Å². The first-order valence-corrected chi connectivity index (χ1v) is 9.19. The zero-order valence-corrected chi connectivity index (χ0v) is 17.2. The van der Waals surface area contributed by atoms with E-state index >= 15 is 0 Å². The van der Waals surface area contributed by atoms with Gasteiger partial charge in [-0.1, -0.05) is 34.8 Å². The zero-order chi connectivity index (χ0) is 21.8. The molecule has 0 aliphatic carbocycles. The van der Waals surface area contributed by atoms with Crippen LogP contribution in [0.15, 0.2) is 36.4 Å². The number of nitrogens with one attached hydrogen (secondary N) is 2. The van der Waals surface area contributed by atoms with Gasteiger partial charge in [-0.05, 0) is 43.4 Å². The summed E-state index contributed by atoms with van der Waals surface area (Å²) in [6.45, 7) is -0.491. The molecular formula is C18H15Cl3F3N3O2. The third-order valence-corrected chi connectivity index (χ3v) is 4.57. The van der Waals surface area contributed by atoms with Gasteiger partial charge >= 0.3 is 6.18 Å². The average Bonchev–Trinajstić information content (AvgIpc) is 2.58. The van der Waals surface area contributed by atoms with Gasteiger partial charge in [0, 0.05) is 10.7 Å². The quantitative estimate of drug-likeness (QED) is 0.614. The van der Waals surface area contributed by atoms with Crippen molar-refractivity contribution in [3.63, 3.8) is 0 Å². The highest BCUT2D eigenvalue weighted by Gasteiger charge is 2.34. The molecule has 0 radical (unpaired) electrons. The first kappa shape index (κ1) is 23.3. The molecule has 29 heavy (non-hydrogen) atoms. The van der Waals surface area contributed by atoms with Gasteiger partial charge < -0.3 is 10.6 Å². The largest absolute Gasteiger partial charge is 0.418 e. The first-order chi connectivity index (χ1) is 13.5. The number of anilines is 2. The Balaban J connectivity index is 1.94. The Kier molecular flexibility index (Phi) is 7.76. The number of carbonyl (C=O) groups excluding carboxylic acids is 2. The highest BCUT2D eigenvalue weighted by atomic mass is 35.5. The molecule has 2 amide bonds. The number of amides is 2. The van der Waals surface area contributed by atoms with E-state index in [9.17, 15) is 22.8 Å². The molecule has 0 spiro atoms. The van der Waals surface area contributed by atoms with Gasteiger partial charge in [0.2, 0.25) is 11.8 Å². The van der Waals surface area contributed by atoms with Crippen LogP contribution >= 0.6 is 34.8 Å². The van der Waals surface area contributed by atoms with Gasteiger partial charge in [0.1, 0.15) is 0 Å². The van der Waals surface area contributed by atoms with E-state index in [1.54, 1.807) is 6.07 Å². The van der Waals surface area contributed by atoms with E-state index in [4.69, 9.17) is 34.8 Å². The molecule has 0 heterocycles. The fourth-order valence-corrected chi connectivity index (χ4v) is 2.84. The van der Waals surface area contributed by atoms with E-state index in [0.29, 0.717) is 10.7 Å². The number of benzene rings is 2. The molecule has 0 fully saturated rings. The van der Waals surface area contributed by atoms with Crippen molar-refractivity contribution in [3.05, 3.63) is 57.0 Å². The van der Waals surface area contributed by atoms with Gasteiger partial charge in [-0.15, -0.1) is 0 Å².